The number of anilines is 1. The standard InChI is InChI=1S/C14H24N4O2/c1-7-20-12-8-11(16-10(3)17-12)15-9(2)13(19)18-14(4,5)6/h8-9H,7H2,1-6H3,(H,18,19)(H,15,16,17). The zero-order valence-corrected chi connectivity index (χ0v) is 13.1. The number of aryl methyl sites for hydroxylation is 1. The Morgan fingerprint density at radius 3 is 2.60 bits per heavy atom. The van der Waals surface area contributed by atoms with Crippen LogP contribution >= 0.6 is 0 Å². The average molecular weight is 280 g/mol. The van der Waals surface area contributed by atoms with Crippen molar-refractivity contribution in [3.8, 4) is 5.88 Å². The van der Waals surface area contributed by atoms with Crippen molar-refractivity contribution in [1.29, 1.82) is 0 Å². The number of aromatic nitrogens is 2. The summed E-state index contributed by atoms with van der Waals surface area (Å²) in [6, 6.07) is 1.30. The molecule has 0 aromatic carbocycles. The third kappa shape index (κ3) is 5.42. The summed E-state index contributed by atoms with van der Waals surface area (Å²) in [7, 11) is 0. The van der Waals surface area contributed by atoms with Crippen molar-refractivity contribution < 1.29 is 9.53 Å². The number of ether oxygens (including phenoxy) is 1. The zero-order valence-electron chi connectivity index (χ0n) is 13.1. The molecular weight excluding hydrogens is 256 g/mol. The van der Waals surface area contributed by atoms with Gasteiger partial charge < -0.3 is 15.4 Å². The second-order valence-electron chi connectivity index (χ2n) is 5.68. The second-order valence-corrected chi connectivity index (χ2v) is 5.68. The Kier molecular flexibility index (Phi) is 5.30. The number of carbonyl (C=O) groups excluding carboxylic acids is 1. The molecule has 1 aromatic rings. The average Bonchev–Trinajstić information content (AvgIpc) is 2.26. The van der Waals surface area contributed by atoms with Gasteiger partial charge in [-0.25, -0.2) is 4.98 Å². The molecule has 6 heteroatoms. The quantitative estimate of drug-likeness (QED) is 0.861. The van der Waals surface area contributed by atoms with Crippen LogP contribution in [0.3, 0.4) is 0 Å². The molecule has 0 spiro atoms. The summed E-state index contributed by atoms with van der Waals surface area (Å²) in [6.45, 7) is 11.8. The number of nitrogens with one attached hydrogen (secondary N) is 2. The van der Waals surface area contributed by atoms with Gasteiger partial charge in [-0.2, -0.15) is 4.98 Å². The van der Waals surface area contributed by atoms with E-state index in [1.807, 2.05) is 27.7 Å². The summed E-state index contributed by atoms with van der Waals surface area (Å²) in [6.07, 6.45) is 0. The predicted molar refractivity (Wildman–Crippen MR) is 78.9 cm³/mol. The Hall–Kier alpha value is -1.85. The third-order valence-corrected chi connectivity index (χ3v) is 2.36. The Morgan fingerprint density at radius 1 is 1.40 bits per heavy atom. The fraction of sp³-hybridized carbons (Fsp3) is 0.643. The van der Waals surface area contributed by atoms with Gasteiger partial charge in [0.1, 0.15) is 17.7 Å². The maximum absolute atomic E-state index is 12.0. The van der Waals surface area contributed by atoms with Crippen LogP contribution in [-0.4, -0.2) is 34.1 Å². The van der Waals surface area contributed by atoms with Crippen LogP contribution in [0.4, 0.5) is 5.82 Å². The largest absolute Gasteiger partial charge is 0.478 e. The molecule has 0 bridgehead atoms. The first kappa shape index (κ1) is 16.2. The lowest BCUT2D eigenvalue weighted by molar-refractivity contribution is -0.122. The van der Waals surface area contributed by atoms with Gasteiger partial charge in [0, 0.05) is 11.6 Å². The normalized spacial score (nSPS) is 12.7. The molecule has 1 unspecified atom stereocenters. The SMILES string of the molecule is CCOc1cc(NC(C)C(=O)NC(C)(C)C)nc(C)n1. The van der Waals surface area contributed by atoms with E-state index in [1.165, 1.54) is 0 Å². The van der Waals surface area contributed by atoms with Crippen molar-refractivity contribution >= 4 is 11.7 Å². The van der Waals surface area contributed by atoms with Crippen LogP contribution < -0.4 is 15.4 Å². The fourth-order valence-electron chi connectivity index (χ4n) is 1.60. The maximum Gasteiger partial charge on any atom is 0.242 e. The molecule has 0 saturated heterocycles. The van der Waals surface area contributed by atoms with E-state index in [0.29, 0.717) is 24.1 Å². The lowest BCUT2D eigenvalue weighted by Gasteiger charge is -2.24. The molecule has 6 nitrogen and oxygen atoms in total. The van der Waals surface area contributed by atoms with Crippen LogP contribution in [0.25, 0.3) is 0 Å². The van der Waals surface area contributed by atoms with Gasteiger partial charge >= 0.3 is 0 Å². The molecule has 1 atom stereocenters. The van der Waals surface area contributed by atoms with E-state index in [9.17, 15) is 4.79 Å². The number of amides is 1. The van der Waals surface area contributed by atoms with Gasteiger partial charge in [-0.1, -0.05) is 0 Å². The molecule has 2 N–H and O–H groups in total. The minimum atomic E-state index is -0.391. The molecule has 1 amide bonds. The highest BCUT2D eigenvalue weighted by atomic mass is 16.5. The summed E-state index contributed by atoms with van der Waals surface area (Å²) < 4.78 is 5.36. The highest BCUT2D eigenvalue weighted by Gasteiger charge is 2.19. The van der Waals surface area contributed by atoms with Gasteiger partial charge in [0.15, 0.2) is 0 Å². The smallest absolute Gasteiger partial charge is 0.242 e. The first-order chi connectivity index (χ1) is 9.21. The van der Waals surface area contributed by atoms with E-state index < -0.39 is 6.04 Å². The Bertz CT molecular complexity index is 469. The molecule has 1 rings (SSSR count). The lowest BCUT2D eigenvalue weighted by Crippen LogP contribution is -2.47. The Morgan fingerprint density at radius 2 is 2.05 bits per heavy atom. The minimum absolute atomic E-state index is 0.0771. The first-order valence-electron chi connectivity index (χ1n) is 6.78. The van der Waals surface area contributed by atoms with Crippen LogP contribution in [0.15, 0.2) is 6.07 Å². The second kappa shape index (κ2) is 6.54. The van der Waals surface area contributed by atoms with Crippen molar-refractivity contribution in [3.05, 3.63) is 11.9 Å². The molecule has 20 heavy (non-hydrogen) atoms. The van der Waals surface area contributed by atoms with Gasteiger partial charge in [-0.05, 0) is 41.5 Å². The number of carbonyl (C=O) groups is 1. The molecule has 1 heterocycles. The fourth-order valence-corrected chi connectivity index (χ4v) is 1.60. The van der Waals surface area contributed by atoms with Crippen LogP contribution in [0.1, 0.15) is 40.4 Å². The van der Waals surface area contributed by atoms with Crippen molar-refractivity contribution in [2.75, 3.05) is 11.9 Å². The number of nitrogens with zero attached hydrogens (tertiary/aromatic N) is 2. The Balaban J connectivity index is 2.74. The highest BCUT2D eigenvalue weighted by Crippen LogP contribution is 2.14. The molecular formula is C14H24N4O2. The van der Waals surface area contributed by atoms with E-state index in [1.54, 1.807) is 19.9 Å². The van der Waals surface area contributed by atoms with Crippen LogP contribution in [0.5, 0.6) is 5.88 Å². The summed E-state index contributed by atoms with van der Waals surface area (Å²) in [5, 5.41) is 5.98. The van der Waals surface area contributed by atoms with Gasteiger partial charge in [-0.3, -0.25) is 4.79 Å². The molecule has 1 aromatic heterocycles. The van der Waals surface area contributed by atoms with Gasteiger partial charge in [0.25, 0.3) is 0 Å². The van der Waals surface area contributed by atoms with E-state index >= 15 is 0 Å². The van der Waals surface area contributed by atoms with Crippen LogP contribution in [-0.2, 0) is 4.79 Å². The van der Waals surface area contributed by atoms with Crippen molar-refractivity contribution in [3.63, 3.8) is 0 Å². The Labute approximate surface area is 120 Å². The lowest BCUT2D eigenvalue weighted by atomic mass is 10.1. The number of hydrogen-bond acceptors (Lipinski definition) is 5. The first-order valence-corrected chi connectivity index (χ1v) is 6.78. The van der Waals surface area contributed by atoms with E-state index in [-0.39, 0.29) is 11.4 Å². The summed E-state index contributed by atoms with van der Waals surface area (Å²) in [5.74, 6) is 1.61. The number of rotatable bonds is 5. The van der Waals surface area contributed by atoms with Crippen molar-refractivity contribution in [1.82, 2.24) is 15.3 Å². The topological polar surface area (TPSA) is 76.1 Å². The zero-order chi connectivity index (χ0) is 15.3. The van der Waals surface area contributed by atoms with Gasteiger partial charge in [0.05, 0.1) is 6.61 Å². The molecule has 0 fully saturated rings. The summed E-state index contributed by atoms with van der Waals surface area (Å²) in [5.41, 5.74) is -0.259. The number of hydrogen-bond donors (Lipinski definition) is 2. The van der Waals surface area contributed by atoms with Gasteiger partial charge in [-0.15, -0.1) is 0 Å². The van der Waals surface area contributed by atoms with Crippen LogP contribution in [0, 0.1) is 6.92 Å². The van der Waals surface area contributed by atoms with E-state index in [0.717, 1.165) is 0 Å². The molecule has 0 saturated carbocycles. The van der Waals surface area contributed by atoms with E-state index in [4.69, 9.17) is 4.74 Å². The van der Waals surface area contributed by atoms with Crippen molar-refractivity contribution in [2.24, 2.45) is 0 Å². The summed E-state index contributed by atoms with van der Waals surface area (Å²) in [4.78, 5) is 20.4. The van der Waals surface area contributed by atoms with Crippen LogP contribution in [0.2, 0.25) is 0 Å². The van der Waals surface area contributed by atoms with Gasteiger partial charge in [0.2, 0.25) is 11.8 Å². The molecule has 0 aliphatic carbocycles. The highest BCUT2D eigenvalue weighted by molar-refractivity contribution is 5.84. The maximum atomic E-state index is 12.0. The molecule has 0 radical (unpaired) electrons. The monoisotopic (exact) mass is 280 g/mol. The van der Waals surface area contributed by atoms with E-state index in [2.05, 4.69) is 20.6 Å². The molecule has 0 aliphatic rings. The predicted octanol–water partition coefficient (Wildman–Crippen LogP) is 1.90. The third-order valence-electron chi connectivity index (χ3n) is 2.36. The molecule has 0 aliphatic heterocycles. The molecule has 112 valence electrons. The van der Waals surface area contributed by atoms with Crippen molar-refractivity contribution in [2.45, 2.75) is 53.1 Å². The minimum Gasteiger partial charge on any atom is -0.478 e. The summed E-state index contributed by atoms with van der Waals surface area (Å²) >= 11 is 0.